The summed E-state index contributed by atoms with van der Waals surface area (Å²) in [6, 6.07) is 5.84. The predicted molar refractivity (Wildman–Crippen MR) is 113 cm³/mol. The zero-order valence-corrected chi connectivity index (χ0v) is 18.4. The maximum Gasteiger partial charge on any atom is 0.389 e. The van der Waals surface area contributed by atoms with Gasteiger partial charge in [0.1, 0.15) is 17.2 Å². The highest BCUT2D eigenvalue weighted by molar-refractivity contribution is 5.37. The predicted octanol–water partition coefficient (Wildman–Crippen LogP) is 7.71. The van der Waals surface area contributed by atoms with Crippen molar-refractivity contribution >= 4 is 0 Å². The molecule has 0 spiro atoms. The smallest absolute Gasteiger partial charge is 0.316 e. The molecule has 0 fully saturated rings. The Morgan fingerprint density at radius 2 is 1.30 bits per heavy atom. The fourth-order valence-corrected chi connectivity index (χ4v) is 3.62. The first-order valence-electron chi connectivity index (χ1n) is 10.7. The van der Waals surface area contributed by atoms with Gasteiger partial charge in [0.05, 0.1) is 6.61 Å². The molecule has 0 saturated carbocycles. The van der Waals surface area contributed by atoms with E-state index in [0.717, 1.165) is 66.5 Å². The Balaban J connectivity index is 2.00. The van der Waals surface area contributed by atoms with Crippen molar-refractivity contribution in [3.8, 4) is 0 Å². The lowest BCUT2D eigenvalue weighted by Gasteiger charge is -2.19. The minimum atomic E-state index is -4.03. The Morgan fingerprint density at radius 1 is 0.767 bits per heavy atom. The summed E-state index contributed by atoms with van der Waals surface area (Å²) in [5.74, 6) is -2.52. The zero-order chi connectivity index (χ0) is 22.3. The van der Waals surface area contributed by atoms with Crippen LogP contribution in [0, 0.1) is 32.4 Å². The van der Waals surface area contributed by atoms with Crippen molar-refractivity contribution < 1.29 is 22.3 Å². The molecule has 0 saturated heterocycles. The molecule has 1 nitrogen and oxygen atoms in total. The fourth-order valence-electron chi connectivity index (χ4n) is 3.62. The minimum absolute atomic E-state index is 0.233. The lowest BCUT2D eigenvalue weighted by molar-refractivity contribution is -0.251. The van der Waals surface area contributed by atoms with Crippen molar-refractivity contribution in [2.45, 2.75) is 78.7 Å². The molecule has 0 heterocycles. The average Bonchev–Trinajstić information content (AvgIpc) is 2.65. The molecule has 5 heteroatoms. The van der Waals surface area contributed by atoms with E-state index in [1.807, 2.05) is 32.9 Å². The lowest BCUT2D eigenvalue weighted by atomic mass is 9.99. The molecule has 0 amide bonds. The molecule has 2 aromatic rings. The van der Waals surface area contributed by atoms with Crippen molar-refractivity contribution in [3.63, 3.8) is 0 Å². The largest absolute Gasteiger partial charge is 0.389 e. The van der Waals surface area contributed by atoms with Crippen LogP contribution in [-0.4, -0.2) is 6.61 Å². The van der Waals surface area contributed by atoms with Gasteiger partial charge >= 0.3 is 6.11 Å². The second-order valence-corrected chi connectivity index (χ2v) is 8.07. The number of rotatable bonds is 11. The van der Waals surface area contributed by atoms with E-state index in [0.29, 0.717) is 12.0 Å². The summed E-state index contributed by atoms with van der Waals surface area (Å²) >= 11 is 0. The summed E-state index contributed by atoms with van der Waals surface area (Å²) in [6.07, 6.45) is 1.70. The summed E-state index contributed by atoms with van der Waals surface area (Å²) in [5, 5.41) is 0. The van der Waals surface area contributed by atoms with Crippen LogP contribution in [-0.2, 0) is 23.7 Å². The number of hydrogen-bond donors (Lipinski definition) is 0. The molecule has 0 bridgehead atoms. The minimum Gasteiger partial charge on any atom is -0.316 e. The molecule has 0 N–H and O–H groups in total. The molecule has 2 aromatic carbocycles. The Morgan fingerprint density at radius 3 is 1.87 bits per heavy atom. The highest BCUT2D eigenvalue weighted by atomic mass is 19.3. The maximum atomic E-state index is 14.4. The van der Waals surface area contributed by atoms with Crippen molar-refractivity contribution in [1.82, 2.24) is 0 Å². The number of aryl methyl sites for hydroxylation is 3. The zero-order valence-electron chi connectivity index (χ0n) is 18.4. The third-order valence-electron chi connectivity index (χ3n) is 5.62. The van der Waals surface area contributed by atoms with Crippen LogP contribution >= 0.6 is 0 Å². The molecule has 166 valence electrons. The summed E-state index contributed by atoms with van der Waals surface area (Å²) < 4.78 is 62.2. The van der Waals surface area contributed by atoms with E-state index in [1.54, 1.807) is 0 Å². The van der Waals surface area contributed by atoms with Crippen molar-refractivity contribution in [2.24, 2.45) is 0 Å². The number of ether oxygens (including phenoxy) is 1. The Kier molecular flexibility index (Phi) is 8.90. The second-order valence-electron chi connectivity index (χ2n) is 8.07. The number of unbranched alkanes of at least 4 members (excludes halogenated alkanes) is 4. The van der Waals surface area contributed by atoms with Gasteiger partial charge in [-0.3, -0.25) is 0 Å². The third kappa shape index (κ3) is 6.56. The maximum absolute atomic E-state index is 14.4. The molecule has 0 unspecified atom stereocenters. The van der Waals surface area contributed by atoms with E-state index in [1.165, 1.54) is 0 Å². The SMILES string of the molecule is CCCCCCCc1cc(F)c(C(F)(F)OCCc2cc(C)c(C)c(C)c2)c(F)c1. The van der Waals surface area contributed by atoms with Crippen LogP contribution in [0.15, 0.2) is 24.3 Å². The van der Waals surface area contributed by atoms with Crippen LogP contribution < -0.4 is 0 Å². The van der Waals surface area contributed by atoms with Gasteiger partial charge in [-0.2, -0.15) is 8.78 Å². The first-order chi connectivity index (χ1) is 14.2. The van der Waals surface area contributed by atoms with Crippen LogP contribution in [0.2, 0.25) is 0 Å². The van der Waals surface area contributed by atoms with E-state index >= 15 is 0 Å². The summed E-state index contributed by atoms with van der Waals surface area (Å²) in [7, 11) is 0. The van der Waals surface area contributed by atoms with Gasteiger partial charge in [0.15, 0.2) is 0 Å². The van der Waals surface area contributed by atoms with E-state index in [-0.39, 0.29) is 13.0 Å². The standard InChI is InChI=1S/C25H32F4O/c1-5-6-7-8-9-10-20-15-22(26)24(23(27)16-20)25(28,29)30-12-11-21-13-17(2)19(4)18(3)14-21/h13-16H,5-12H2,1-4H3. The molecule has 0 aromatic heterocycles. The fraction of sp³-hybridized carbons (Fsp3) is 0.520. The van der Waals surface area contributed by atoms with Crippen LogP contribution in [0.3, 0.4) is 0 Å². The van der Waals surface area contributed by atoms with Crippen molar-refractivity contribution in [1.29, 1.82) is 0 Å². The molecule has 0 aliphatic heterocycles. The molecule has 0 aliphatic rings. The average molecular weight is 425 g/mol. The summed E-state index contributed by atoms with van der Waals surface area (Å²) in [6.45, 7) is 7.68. The quantitative estimate of drug-likeness (QED) is 0.265. The Hall–Kier alpha value is -1.88. The van der Waals surface area contributed by atoms with Gasteiger partial charge in [-0.1, -0.05) is 44.7 Å². The van der Waals surface area contributed by atoms with Crippen LogP contribution in [0.1, 0.15) is 72.4 Å². The number of alkyl halides is 2. The molecule has 0 radical (unpaired) electrons. The number of halogens is 4. The van der Waals surface area contributed by atoms with Gasteiger partial charge < -0.3 is 4.74 Å². The van der Waals surface area contributed by atoms with Gasteiger partial charge in [-0.05, 0) is 80.0 Å². The molecule has 0 aliphatic carbocycles. The first kappa shape index (κ1) is 24.4. The van der Waals surface area contributed by atoms with Gasteiger partial charge in [0.2, 0.25) is 0 Å². The lowest BCUT2D eigenvalue weighted by Crippen LogP contribution is -2.23. The van der Waals surface area contributed by atoms with Crippen molar-refractivity contribution in [2.75, 3.05) is 6.61 Å². The van der Waals surface area contributed by atoms with E-state index in [9.17, 15) is 17.6 Å². The normalized spacial score (nSPS) is 11.9. The Labute approximate surface area is 177 Å². The molecule has 2 rings (SSSR count). The summed E-state index contributed by atoms with van der Waals surface area (Å²) in [5.41, 5.74) is 3.23. The van der Waals surface area contributed by atoms with Crippen LogP contribution in [0.5, 0.6) is 0 Å². The van der Waals surface area contributed by atoms with E-state index < -0.39 is 23.3 Å². The van der Waals surface area contributed by atoms with Gasteiger partial charge in [0.25, 0.3) is 0 Å². The monoisotopic (exact) mass is 424 g/mol. The van der Waals surface area contributed by atoms with Crippen molar-refractivity contribution in [3.05, 3.63) is 69.3 Å². The molecular weight excluding hydrogens is 392 g/mol. The van der Waals surface area contributed by atoms with Crippen LogP contribution in [0.25, 0.3) is 0 Å². The van der Waals surface area contributed by atoms with Gasteiger partial charge in [-0.15, -0.1) is 0 Å². The van der Waals surface area contributed by atoms with Gasteiger partial charge in [-0.25, -0.2) is 8.78 Å². The van der Waals surface area contributed by atoms with Gasteiger partial charge in [0, 0.05) is 0 Å². The van der Waals surface area contributed by atoms with E-state index in [4.69, 9.17) is 0 Å². The molecule has 30 heavy (non-hydrogen) atoms. The second kappa shape index (κ2) is 10.9. The highest BCUT2D eigenvalue weighted by Gasteiger charge is 2.39. The molecular formula is C25H32F4O. The topological polar surface area (TPSA) is 9.23 Å². The Bertz CT molecular complexity index is 799. The third-order valence-corrected chi connectivity index (χ3v) is 5.62. The van der Waals surface area contributed by atoms with E-state index in [2.05, 4.69) is 11.7 Å². The number of hydrogen-bond acceptors (Lipinski definition) is 1. The highest BCUT2D eigenvalue weighted by Crippen LogP contribution is 2.34. The number of benzene rings is 2. The summed E-state index contributed by atoms with van der Waals surface area (Å²) in [4.78, 5) is 0. The first-order valence-corrected chi connectivity index (χ1v) is 10.7. The molecule has 0 atom stereocenters. The van der Waals surface area contributed by atoms with Crippen LogP contribution in [0.4, 0.5) is 17.6 Å².